The van der Waals surface area contributed by atoms with E-state index in [1.165, 1.54) is 6.07 Å². The molecule has 6 nitrogen and oxygen atoms in total. The lowest BCUT2D eigenvalue weighted by Gasteiger charge is -2.37. The van der Waals surface area contributed by atoms with Crippen LogP contribution >= 0.6 is 0 Å². The van der Waals surface area contributed by atoms with Gasteiger partial charge in [-0.15, -0.1) is 10.2 Å². The van der Waals surface area contributed by atoms with Crippen LogP contribution in [0, 0.1) is 10.1 Å². The molecule has 92 valence electrons. The first kappa shape index (κ1) is 10.9. The van der Waals surface area contributed by atoms with Crippen LogP contribution in [0.5, 0.6) is 0 Å². The van der Waals surface area contributed by atoms with Crippen LogP contribution in [0.25, 0.3) is 0 Å². The van der Waals surface area contributed by atoms with Crippen LogP contribution < -0.4 is 0 Å². The molecule has 0 bridgehead atoms. The van der Waals surface area contributed by atoms with Gasteiger partial charge in [0.05, 0.1) is 4.92 Å². The van der Waals surface area contributed by atoms with Crippen molar-refractivity contribution >= 4 is 5.69 Å². The van der Waals surface area contributed by atoms with Gasteiger partial charge in [0, 0.05) is 24.1 Å². The second-order valence-corrected chi connectivity index (χ2v) is 4.51. The van der Waals surface area contributed by atoms with Crippen molar-refractivity contribution in [2.24, 2.45) is 0 Å². The molecule has 1 heterocycles. The smallest absolute Gasteiger partial charge is 0.269 e. The zero-order valence-electron chi connectivity index (χ0n) is 9.64. The van der Waals surface area contributed by atoms with E-state index in [4.69, 9.17) is 0 Å². The second kappa shape index (κ2) is 4.21. The van der Waals surface area contributed by atoms with E-state index in [1.807, 2.05) is 10.6 Å². The van der Waals surface area contributed by atoms with Gasteiger partial charge in [-0.1, -0.05) is 12.1 Å². The summed E-state index contributed by atoms with van der Waals surface area (Å²) >= 11 is 0. The molecular formula is C12H12N4O2. The standard InChI is InChI=1S/C12H12N4O2/c17-16(18)10-3-1-2-9(6-10)11-4-5-12(11)15-7-13-14-8-15/h1-3,6-8,11-12H,4-5H2/t11-,12?/m1/s1. The molecule has 18 heavy (non-hydrogen) atoms. The molecule has 1 unspecified atom stereocenters. The average Bonchev–Trinajstić information content (AvgIpc) is 2.81. The third kappa shape index (κ3) is 1.75. The molecule has 1 aromatic carbocycles. The lowest BCUT2D eigenvalue weighted by Crippen LogP contribution is -2.26. The van der Waals surface area contributed by atoms with Crippen molar-refractivity contribution in [3.8, 4) is 0 Å². The fourth-order valence-electron chi connectivity index (χ4n) is 2.48. The highest BCUT2D eigenvalue weighted by atomic mass is 16.6. The normalized spacial score (nSPS) is 22.4. The van der Waals surface area contributed by atoms with Crippen LogP contribution in [-0.4, -0.2) is 19.7 Å². The Hall–Kier alpha value is -2.24. The van der Waals surface area contributed by atoms with E-state index < -0.39 is 0 Å². The molecule has 0 spiro atoms. The first-order valence-electron chi connectivity index (χ1n) is 5.84. The predicted octanol–water partition coefficient (Wildman–Crippen LogP) is 2.30. The van der Waals surface area contributed by atoms with E-state index in [2.05, 4.69) is 10.2 Å². The molecule has 1 aliphatic rings. The lowest BCUT2D eigenvalue weighted by molar-refractivity contribution is -0.384. The molecule has 0 saturated heterocycles. The highest BCUT2D eigenvalue weighted by Crippen LogP contribution is 2.46. The molecule has 0 amide bonds. The monoisotopic (exact) mass is 244 g/mol. The maximum absolute atomic E-state index is 10.8. The zero-order chi connectivity index (χ0) is 12.5. The molecule has 1 aromatic heterocycles. The highest BCUT2D eigenvalue weighted by molar-refractivity contribution is 5.37. The zero-order valence-corrected chi connectivity index (χ0v) is 9.64. The second-order valence-electron chi connectivity index (χ2n) is 4.51. The summed E-state index contributed by atoms with van der Waals surface area (Å²) in [7, 11) is 0. The van der Waals surface area contributed by atoms with Crippen molar-refractivity contribution in [2.45, 2.75) is 24.8 Å². The van der Waals surface area contributed by atoms with Crippen molar-refractivity contribution in [3.05, 3.63) is 52.6 Å². The Morgan fingerprint density at radius 2 is 2.06 bits per heavy atom. The minimum absolute atomic E-state index is 0.155. The molecule has 2 atom stereocenters. The summed E-state index contributed by atoms with van der Waals surface area (Å²) in [4.78, 5) is 10.4. The summed E-state index contributed by atoms with van der Waals surface area (Å²) in [6, 6.07) is 7.21. The third-order valence-corrected chi connectivity index (χ3v) is 3.57. The first-order chi connectivity index (χ1) is 8.75. The number of nitro benzene ring substituents is 1. The van der Waals surface area contributed by atoms with Gasteiger partial charge in [-0.25, -0.2) is 0 Å². The van der Waals surface area contributed by atoms with Crippen LogP contribution in [0.15, 0.2) is 36.9 Å². The molecule has 3 rings (SSSR count). The SMILES string of the molecule is O=[N+]([O-])c1cccc([C@H]2CCC2n2cnnc2)c1. The van der Waals surface area contributed by atoms with Gasteiger partial charge in [0.15, 0.2) is 0 Å². The molecule has 0 radical (unpaired) electrons. The van der Waals surface area contributed by atoms with Gasteiger partial charge in [0.25, 0.3) is 5.69 Å². The van der Waals surface area contributed by atoms with E-state index in [9.17, 15) is 10.1 Å². The number of hydrogen-bond acceptors (Lipinski definition) is 4. The molecular weight excluding hydrogens is 232 g/mol. The largest absolute Gasteiger partial charge is 0.316 e. The molecule has 1 aliphatic carbocycles. The molecule has 0 aliphatic heterocycles. The van der Waals surface area contributed by atoms with Crippen molar-refractivity contribution in [3.63, 3.8) is 0 Å². The van der Waals surface area contributed by atoms with Gasteiger partial charge in [-0.3, -0.25) is 10.1 Å². The number of non-ortho nitro benzene ring substituents is 1. The van der Waals surface area contributed by atoms with Crippen LogP contribution in [-0.2, 0) is 0 Å². The van der Waals surface area contributed by atoms with Crippen molar-refractivity contribution in [2.75, 3.05) is 0 Å². The molecule has 1 fully saturated rings. The predicted molar refractivity (Wildman–Crippen MR) is 64.1 cm³/mol. The van der Waals surface area contributed by atoms with Gasteiger partial charge in [-0.05, 0) is 18.4 Å². The van der Waals surface area contributed by atoms with Gasteiger partial charge in [0.2, 0.25) is 0 Å². The van der Waals surface area contributed by atoms with E-state index in [1.54, 1.807) is 24.8 Å². The summed E-state index contributed by atoms with van der Waals surface area (Å²) in [6.45, 7) is 0. The first-order valence-corrected chi connectivity index (χ1v) is 5.84. The minimum atomic E-state index is -0.351. The number of nitrogens with zero attached hydrogens (tertiary/aromatic N) is 4. The van der Waals surface area contributed by atoms with Gasteiger partial charge in [0.1, 0.15) is 12.7 Å². The number of benzene rings is 1. The van der Waals surface area contributed by atoms with E-state index in [-0.39, 0.29) is 10.6 Å². The van der Waals surface area contributed by atoms with Crippen molar-refractivity contribution in [1.29, 1.82) is 0 Å². The Labute approximate surface area is 103 Å². The van der Waals surface area contributed by atoms with Gasteiger partial charge >= 0.3 is 0 Å². The van der Waals surface area contributed by atoms with E-state index in [0.717, 1.165) is 18.4 Å². The molecule has 2 aromatic rings. The Morgan fingerprint density at radius 1 is 1.28 bits per heavy atom. The average molecular weight is 244 g/mol. The Balaban J connectivity index is 1.87. The molecule has 6 heteroatoms. The third-order valence-electron chi connectivity index (χ3n) is 3.57. The van der Waals surface area contributed by atoms with E-state index >= 15 is 0 Å². The van der Waals surface area contributed by atoms with Gasteiger partial charge in [-0.2, -0.15) is 0 Å². The number of nitro groups is 1. The van der Waals surface area contributed by atoms with Crippen LogP contribution in [0.4, 0.5) is 5.69 Å². The molecule has 1 saturated carbocycles. The van der Waals surface area contributed by atoms with E-state index in [0.29, 0.717) is 12.0 Å². The van der Waals surface area contributed by atoms with Crippen LogP contribution in [0.1, 0.15) is 30.4 Å². The maximum Gasteiger partial charge on any atom is 0.269 e. The topological polar surface area (TPSA) is 73.8 Å². The number of rotatable bonds is 3. The quantitative estimate of drug-likeness (QED) is 0.613. The maximum atomic E-state index is 10.8. The lowest BCUT2D eigenvalue weighted by atomic mass is 9.75. The summed E-state index contributed by atoms with van der Waals surface area (Å²) in [6.07, 6.45) is 5.51. The summed E-state index contributed by atoms with van der Waals surface area (Å²) < 4.78 is 1.98. The van der Waals surface area contributed by atoms with Crippen molar-refractivity contribution in [1.82, 2.24) is 14.8 Å². The minimum Gasteiger partial charge on any atom is -0.316 e. The Morgan fingerprint density at radius 3 is 2.67 bits per heavy atom. The summed E-state index contributed by atoms with van der Waals surface area (Å²) in [5.74, 6) is 0.320. The number of hydrogen-bond donors (Lipinski definition) is 0. The summed E-state index contributed by atoms with van der Waals surface area (Å²) in [5.41, 5.74) is 1.18. The number of aromatic nitrogens is 3. The Kier molecular flexibility index (Phi) is 2.55. The fourth-order valence-corrected chi connectivity index (χ4v) is 2.48. The Bertz CT molecular complexity index is 567. The summed E-state index contributed by atoms with van der Waals surface area (Å²) in [5, 5.41) is 18.4. The van der Waals surface area contributed by atoms with Gasteiger partial charge < -0.3 is 4.57 Å². The molecule has 0 N–H and O–H groups in total. The van der Waals surface area contributed by atoms with Crippen LogP contribution in [0.2, 0.25) is 0 Å². The fraction of sp³-hybridized carbons (Fsp3) is 0.333. The van der Waals surface area contributed by atoms with Crippen molar-refractivity contribution < 1.29 is 4.92 Å². The highest BCUT2D eigenvalue weighted by Gasteiger charge is 2.34. The van der Waals surface area contributed by atoms with Crippen LogP contribution in [0.3, 0.4) is 0 Å².